The zero-order chi connectivity index (χ0) is 15.4. The highest BCUT2D eigenvalue weighted by molar-refractivity contribution is 5.75. The van der Waals surface area contributed by atoms with Crippen LogP contribution < -0.4 is 10.6 Å². The molecule has 4 heteroatoms. The summed E-state index contributed by atoms with van der Waals surface area (Å²) >= 11 is 0. The molecule has 0 saturated heterocycles. The quantitative estimate of drug-likeness (QED) is 0.594. The van der Waals surface area contributed by atoms with Gasteiger partial charge in [-0.05, 0) is 36.8 Å². The number of aryl methyl sites for hydroxylation is 1. The predicted molar refractivity (Wildman–Crippen MR) is 86.5 cm³/mol. The molecule has 1 aromatic rings. The van der Waals surface area contributed by atoms with Gasteiger partial charge in [-0.1, -0.05) is 42.8 Å². The number of benzene rings is 1. The van der Waals surface area contributed by atoms with Crippen molar-refractivity contribution in [3.63, 3.8) is 0 Å². The first kappa shape index (κ1) is 15.1. The third kappa shape index (κ3) is 3.50. The first-order valence-corrected chi connectivity index (χ1v) is 8.20. The first-order valence-electron chi connectivity index (χ1n) is 8.20. The fourth-order valence-electron chi connectivity index (χ4n) is 3.46. The van der Waals surface area contributed by atoms with Gasteiger partial charge in [0.1, 0.15) is 0 Å². The largest absolute Gasteiger partial charge is 0.396 e. The minimum atomic E-state index is -0.116. The number of rotatable bonds is 3. The summed E-state index contributed by atoms with van der Waals surface area (Å²) in [6.07, 6.45) is 9.14. The van der Waals surface area contributed by atoms with Crippen molar-refractivity contribution in [3.05, 3.63) is 47.5 Å². The molecule has 118 valence electrons. The van der Waals surface area contributed by atoms with E-state index in [4.69, 9.17) is 5.11 Å². The van der Waals surface area contributed by atoms with Crippen LogP contribution in [-0.2, 0) is 6.42 Å². The Morgan fingerprint density at radius 1 is 1.18 bits per heavy atom. The predicted octanol–water partition coefficient (Wildman–Crippen LogP) is 2.69. The summed E-state index contributed by atoms with van der Waals surface area (Å²) < 4.78 is 0. The molecule has 0 spiro atoms. The molecule has 3 rings (SSSR count). The maximum absolute atomic E-state index is 12.3. The van der Waals surface area contributed by atoms with Gasteiger partial charge in [-0.15, -0.1) is 0 Å². The van der Waals surface area contributed by atoms with Gasteiger partial charge in [-0.25, -0.2) is 4.79 Å². The number of aliphatic hydroxyl groups excluding tert-OH is 1. The van der Waals surface area contributed by atoms with Crippen LogP contribution in [0.25, 0.3) is 0 Å². The number of amides is 2. The lowest BCUT2D eigenvalue weighted by atomic mass is 9.99. The molecule has 1 unspecified atom stereocenters. The van der Waals surface area contributed by atoms with E-state index in [1.807, 2.05) is 18.2 Å². The van der Waals surface area contributed by atoms with Crippen LogP contribution in [0.2, 0.25) is 0 Å². The van der Waals surface area contributed by atoms with Crippen molar-refractivity contribution in [1.82, 2.24) is 10.6 Å². The maximum atomic E-state index is 12.3. The van der Waals surface area contributed by atoms with Crippen molar-refractivity contribution in [1.29, 1.82) is 0 Å². The third-order valence-corrected chi connectivity index (χ3v) is 4.65. The Balaban J connectivity index is 1.61. The number of hydrogen-bond acceptors (Lipinski definition) is 2. The van der Waals surface area contributed by atoms with Crippen molar-refractivity contribution >= 4 is 6.03 Å². The fourth-order valence-corrected chi connectivity index (χ4v) is 3.46. The second-order valence-corrected chi connectivity index (χ2v) is 6.28. The summed E-state index contributed by atoms with van der Waals surface area (Å²) in [5.41, 5.74) is 2.61. The van der Waals surface area contributed by atoms with Gasteiger partial charge in [0.15, 0.2) is 0 Å². The van der Waals surface area contributed by atoms with Crippen LogP contribution in [0.4, 0.5) is 4.79 Å². The molecule has 0 bridgehead atoms. The van der Waals surface area contributed by atoms with E-state index in [2.05, 4.69) is 28.8 Å². The zero-order valence-electron chi connectivity index (χ0n) is 12.8. The Kier molecular flexibility index (Phi) is 4.78. The van der Waals surface area contributed by atoms with E-state index in [9.17, 15) is 4.79 Å². The number of carbonyl (C=O) groups excluding carboxylic acids is 1. The van der Waals surface area contributed by atoms with Gasteiger partial charge in [0.05, 0.1) is 6.04 Å². The molecule has 0 aromatic heterocycles. The second kappa shape index (κ2) is 6.97. The van der Waals surface area contributed by atoms with Crippen LogP contribution in [0.5, 0.6) is 0 Å². The van der Waals surface area contributed by atoms with Crippen LogP contribution >= 0.6 is 0 Å². The number of nitrogens with one attached hydrogen (secondary N) is 2. The van der Waals surface area contributed by atoms with E-state index in [0.29, 0.717) is 0 Å². The highest BCUT2D eigenvalue weighted by Crippen LogP contribution is 2.28. The highest BCUT2D eigenvalue weighted by atomic mass is 16.3. The Morgan fingerprint density at radius 3 is 2.86 bits per heavy atom. The average molecular weight is 300 g/mol. The minimum absolute atomic E-state index is 0.0261. The molecule has 0 radical (unpaired) electrons. The number of carbonyl (C=O) groups is 1. The number of hydrogen-bond donors (Lipinski definition) is 3. The van der Waals surface area contributed by atoms with Gasteiger partial charge >= 0.3 is 6.03 Å². The molecular weight excluding hydrogens is 276 g/mol. The number of fused-ring (bicyclic) bond motifs is 1. The third-order valence-electron chi connectivity index (χ3n) is 4.65. The molecule has 3 atom stereocenters. The van der Waals surface area contributed by atoms with E-state index >= 15 is 0 Å². The summed E-state index contributed by atoms with van der Waals surface area (Å²) in [6.45, 7) is 0.145. The monoisotopic (exact) mass is 300 g/mol. The Bertz CT molecular complexity index is 556. The molecule has 1 aromatic carbocycles. The lowest BCUT2D eigenvalue weighted by molar-refractivity contribution is 0.228. The molecule has 0 saturated carbocycles. The minimum Gasteiger partial charge on any atom is -0.396 e. The van der Waals surface area contributed by atoms with Gasteiger partial charge in [0.2, 0.25) is 0 Å². The molecular formula is C18H24N2O2. The van der Waals surface area contributed by atoms with Gasteiger partial charge < -0.3 is 15.7 Å². The normalized spacial score (nSPS) is 27.0. The van der Waals surface area contributed by atoms with Gasteiger partial charge in [0.25, 0.3) is 0 Å². The van der Waals surface area contributed by atoms with Crippen LogP contribution in [0.3, 0.4) is 0 Å². The molecule has 0 aliphatic heterocycles. The number of urea groups is 1. The summed E-state index contributed by atoms with van der Waals surface area (Å²) in [4.78, 5) is 12.3. The van der Waals surface area contributed by atoms with E-state index in [1.165, 1.54) is 17.5 Å². The highest BCUT2D eigenvalue weighted by Gasteiger charge is 2.23. The van der Waals surface area contributed by atoms with Crippen molar-refractivity contribution < 1.29 is 9.90 Å². The van der Waals surface area contributed by atoms with E-state index in [1.54, 1.807) is 0 Å². The van der Waals surface area contributed by atoms with Crippen molar-refractivity contribution in [2.45, 2.75) is 44.2 Å². The maximum Gasteiger partial charge on any atom is 0.315 e. The van der Waals surface area contributed by atoms with Gasteiger partial charge in [-0.3, -0.25) is 0 Å². The van der Waals surface area contributed by atoms with Crippen molar-refractivity contribution in [3.8, 4) is 0 Å². The topological polar surface area (TPSA) is 61.4 Å². The van der Waals surface area contributed by atoms with Crippen LogP contribution in [-0.4, -0.2) is 23.8 Å². The smallest absolute Gasteiger partial charge is 0.315 e. The van der Waals surface area contributed by atoms with Crippen molar-refractivity contribution in [2.24, 2.45) is 5.92 Å². The SMILES string of the molecule is O=C(NC1CCCCc2ccccc21)N[C@@H]1C=C[C@H](CO)C1. The summed E-state index contributed by atoms with van der Waals surface area (Å²) in [5, 5.41) is 15.3. The number of aliphatic hydroxyl groups is 1. The molecule has 4 nitrogen and oxygen atoms in total. The fraction of sp³-hybridized carbons (Fsp3) is 0.500. The standard InChI is InChI=1S/C18H24N2O2/c21-12-13-9-10-15(11-13)19-18(22)20-17-8-4-2-6-14-5-1-3-7-16(14)17/h1,3,5,7,9-10,13,15,17,21H,2,4,6,8,11-12H2,(H2,19,20,22)/t13-,15+,17?/m0/s1. The molecule has 2 aliphatic carbocycles. The summed E-state index contributed by atoms with van der Waals surface area (Å²) in [5.74, 6) is 0.170. The molecule has 0 heterocycles. The van der Waals surface area contributed by atoms with Crippen molar-refractivity contribution in [2.75, 3.05) is 6.61 Å². The van der Waals surface area contributed by atoms with Gasteiger partial charge in [0, 0.05) is 18.6 Å². The Labute approximate surface area is 131 Å². The lowest BCUT2D eigenvalue weighted by Gasteiger charge is -2.21. The van der Waals surface area contributed by atoms with E-state index in [0.717, 1.165) is 25.7 Å². The second-order valence-electron chi connectivity index (χ2n) is 6.28. The Morgan fingerprint density at radius 2 is 2.05 bits per heavy atom. The van der Waals surface area contributed by atoms with E-state index in [-0.39, 0.29) is 30.6 Å². The van der Waals surface area contributed by atoms with Crippen LogP contribution in [0.15, 0.2) is 36.4 Å². The lowest BCUT2D eigenvalue weighted by Crippen LogP contribution is -2.42. The van der Waals surface area contributed by atoms with E-state index < -0.39 is 0 Å². The average Bonchev–Trinajstić information content (AvgIpc) is 2.88. The summed E-state index contributed by atoms with van der Waals surface area (Å²) in [6, 6.07) is 8.41. The molecule has 2 amide bonds. The zero-order valence-corrected chi connectivity index (χ0v) is 12.8. The summed E-state index contributed by atoms with van der Waals surface area (Å²) in [7, 11) is 0. The Hall–Kier alpha value is -1.81. The van der Waals surface area contributed by atoms with Gasteiger partial charge in [-0.2, -0.15) is 0 Å². The van der Waals surface area contributed by atoms with Crippen LogP contribution in [0.1, 0.15) is 42.9 Å². The molecule has 3 N–H and O–H groups in total. The molecule has 2 aliphatic rings. The molecule has 0 fully saturated rings. The first-order chi connectivity index (χ1) is 10.8. The van der Waals surface area contributed by atoms with Crippen LogP contribution in [0, 0.1) is 5.92 Å². The molecule has 22 heavy (non-hydrogen) atoms.